The molecular weight excluding hydrogens is 244 g/mol. The van der Waals surface area contributed by atoms with Crippen LogP contribution < -0.4 is 5.32 Å². The zero-order valence-corrected chi connectivity index (χ0v) is 9.37. The quantitative estimate of drug-likeness (QED) is 0.863. The molecule has 1 aliphatic carbocycles. The topological polar surface area (TPSA) is 66.4 Å². The fraction of sp³-hybridized carbons (Fsp3) is 0.333. The summed E-state index contributed by atoms with van der Waals surface area (Å²) in [6.07, 6.45) is 1.40. The van der Waals surface area contributed by atoms with Crippen molar-refractivity contribution < 1.29 is 23.5 Å². The van der Waals surface area contributed by atoms with Crippen LogP contribution in [0.3, 0.4) is 0 Å². The third-order valence-corrected chi connectivity index (χ3v) is 3.15. The Morgan fingerprint density at radius 1 is 1.22 bits per heavy atom. The third kappa shape index (κ3) is 2.05. The van der Waals surface area contributed by atoms with Crippen LogP contribution in [0.25, 0.3) is 0 Å². The lowest BCUT2D eigenvalue weighted by Gasteiger charge is -2.38. The Hall–Kier alpha value is -1.98. The van der Waals surface area contributed by atoms with Crippen molar-refractivity contribution in [2.24, 2.45) is 0 Å². The van der Waals surface area contributed by atoms with E-state index >= 15 is 0 Å². The van der Waals surface area contributed by atoms with E-state index in [0.29, 0.717) is 19.3 Å². The van der Waals surface area contributed by atoms with Crippen molar-refractivity contribution in [3.63, 3.8) is 0 Å². The summed E-state index contributed by atoms with van der Waals surface area (Å²) in [7, 11) is 0. The van der Waals surface area contributed by atoms with Gasteiger partial charge in [-0.05, 0) is 37.5 Å². The molecule has 96 valence electrons. The number of halogens is 2. The molecule has 1 aromatic rings. The van der Waals surface area contributed by atoms with E-state index in [-0.39, 0.29) is 5.56 Å². The normalized spacial score (nSPS) is 16.8. The van der Waals surface area contributed by atoms with Gasteiger partial charge < -0.3 is 10.4 Å². The van der Waals surface area contributed by atoms with Crippen LogP contribution in [0.15, 0.2) is 18.2 Å². The molecule has 0 aliphatic heterocycles. The van der Waals surface area contributed by atoms with Crippen LogP contribution in [0.1, 0.15) is 29.6 Å². The van der Waals surface area contributed by atoms with E-state index in [1.165, 1.54) is 0 Å². The van der Waals surface area contributed by atoms with Gasteiger partial charge >= 0.3 is 5.97 Å². The number of aliphatic carboxylic acids is 1. The Labute approximate surface area is 102 Å². The second-order valence-electron chi connectivity index (χ2n) is 4.32. The molecule has 1 fully saturated rings. The molecular formula is C12H11F2NO3. The summed E-state index contributed by atoms with van der Waals surface area (Å²) in [4.78, 5) is 22.8. The third-order valence-electron chi connectivity index (χ3n) is 3.15. The number of hydrogen-bond donors (Lipinski definition) is 2. The molecule has 2 rings (SSSR count). The SMILES string of the molecule is O=C(NC1(C(=O)O)CCC1)c1ccc(F)c(F)c1. The highest BCUT2D eigenvalue weighted by atomic mass is 19.2. The standard InChI is InChI=1S/C12H11F2NO3/c13-8-3-2-7(6-9(8)14)10(16)15-12(11(17)18)4-1-5-12/h2-3,6H,1,4-5H2,(H,15,16)(H,17,18). The van der Waals surface area contributed by atoms with Crippen LogP contribution in [0.4, 0.5) is 8.78 Å². The molecule has 0 spiro atoms. The van der Waals surface area contributed by atoms with Crippen molar-refractivity contribution in [2.75, 3.05) is 0 Å². The van der Waals surface area contributed by atoms with Crippen LogP contribution in [0.5, 0.6) is 0 Å². The Kier molecular flexibility index (Phi) is 3.02. The van der Waals surface area contributed by atoms with Crippen LogP contribution in [0.2, 0.25) is 0 Å². The zero-order chi connectivity index (χ0) is 13.3. The molecule has 4 nitrogen and oxygen atoms in total. The average Bonchev–Trinajstić information content (AvgIpc) is 2.26. The smallest absolute Gasteiger partial charge is 0.329 e. The maximum absolute atomic E-state index is 13.0. The van der Waals surface area contributed by atoms with Gasteiger partial charge in [-0.15, -0.1) is 0 Å². The molecule has 1 saturated carbocycles. The number of amides is 1. The highest BCUT2D eigenvalue weighted by molar-refractivity contribution is 5.98. The lowest BCUT2D eigenvalue weighted by atomic mass is 9.76. The molecule has 18 heavy (non-hydrogen) atoms. The van der Waals surface area contributed by atoms with E-state index in [1.54, 1.807) is 0 Å². The number of carboxylic acid groups (broad SMARTS) is 1. The molecule has 0 heterocycles. The number of carbonyl (C=O) groups is 2. The number of hydrogen-bond acceptors (Lipinski definition) is 2. The second kappa shape index (κ2) is 4.36. The Bertz CT molecular complexity index is 512. The first-order chi connectivity index (χ1) is 8.44. The van der Waals surface area contributed by atoms with Crippen LogP contribution in [-0.2, 0) is 4.79 Å². The minimum Gasteiger partial charge on any atom is -0.480 e. The predicted octanol–water partition coefficient (Wildman–Crippen LogP) is 1.70. The van der Waals surface area contributed by atoms with Gasteiger partial charge in [-0.25, -0.2) is 13.6 Å². The van der Waals surface area contributed by atoms with Gasteiger partial charge in [0.05, 0.1) is 0 Å². The summed E-state index contributed by atoms with van der Waals surface area (Å²) in [5, 5.41) is 11.4. The van der Waals surface area contributed by atoms with Crippen molar-refractivity contribution in [3.05, 3.63) is 35.4 Å². The summed E-state index contributed by atoms with van der Waals surface area (Å²) < 4.78 is 25.7. The average molecular weight is 255 g/mol. The minimum atomic E-state index is -1.26. The van der Waals surface area contributed by atoms with Gasteiger partial charge in [-0.3, -0.25) is 4.79 Å². The van der Waals surface area contributed by atoms with Gasteiger partial charge in [-0.1, -0.05) is 0 Å². The number of nitrogens with one attached hydrogen (secondary N) is 1. The number of carbonyl (C=O) groups excluding carboxylic acids is 1. The molecule has 1 aromatic carbocycles. The lowest BCUT2D eigenvalue weighted by Crippen LogP contribution is -2.59. The highest BCUT2D eigenvalue weighted by Crippen LogP contribution is 2.32. The summed E-state index contributed by atoms with van der Waals surface area (Å²) in [6, 6.07) is 2.69. The highest BCUT2D eigenvalue weighted by Gasteiger charge is 2.45. The summed E-state index contributed by atoms with van der Waals surface area (Å²) >= 11 is 0. The first-order valence-electron chi connectivity index (χ1n) is 5.45. The van der Waals surface area contributed by atoms with E-state index < -0.39 is 29.0 Å². The largest absolute Gasteiger partial charge is 0.480 e. The minimum absolute atomic E-state index is 0.0959. The molecule has 1 amide bonds. The van der Waals surface area contributed by atoms with Crippen molar-refractivity contribution in [2.45, 2.75) is 24.8 Å². The fourth-order valence-electron chi connectivity index (χ4n) is 1.85. The van der Waals surface area contributed by atoms with Gasteiger partial charge in [0, 0.05) is 5.56 Å². The van der Waals surface area contributed by atoms with Gasteiger partial charge in [-0.2, -0.15) is 0 Å². The van der Waals surface area contributed by atoms with E-state index in [4.69, 9.17) is 5.11 Å². The Morgan fingerprint density at radius 3 is 2.33 bits per heavy atom. The van der Waals surface area contributed by atoms with Gasteiger partial charge in [0.25, 0.3) is 5.91 Å². The summed E-state index contributed by atoms with van der Waals surface area (Å²) in [5.41, 5.74) is -1.36. The van der Waals surface area contributed by atoms with Gasteiger partial charge in [0.1, 0.15) is 5.54 Å². The first kappa shape index (κ1) is 12.5. The second-order valence-corrected chi connectivity index (χ2v) is 4.32. The van der Waals surface area contributed by atoms with Gasteiger partial charge in [0.15, 0.2) is 11.6 Å². The van der Waals surface area contributed by atoms with Crippen molar-refractivity contribution in [1.82, 2.24) is 5.32 Å². The van der Waals surface area contributed by atoms with Crippen molar-refractivity contribution in [3.8, 4) is 0 Å². The van der Waals surface area contributed by atoms with Crippen LogP contribution in [-0.4, -0.2) is 22.5 Å². The van der Waals surface area contributed by atoms with Crippen LogP contribution >= 0.6 is 0 Å². The van der Waals surface area contributed by atoms with Crippen LogP contribution in [0, 0.1) is 11.6 Å². The first-order valence-corrected chi connectivity index (χ1v) is 5.45. The predicted molar refractivity (Wildman–Crippen MR) is 58.0 cm³/mol. The molecule has 0 bridgehead atoms. The summed E-state index contributed by atoms with van der Waals surface area (Å²) in [5.74, 6) is -4.01. The van der Waals surface area contributed by atoms with Crippen molar-refractivity contribution >= 4 is 11.9 Å². The monoisotopic (exact) mass is 255 g/mol. The summed E-state index contributed by atoms with van der Waals surface area (Å²) in [6.45, 7) is 0. The fourth-order valence-corrected chi connectivity index (χ4v) is 1.85. The van der Waals surface area contributed by atoms with E-state index in [9.17, 15) is 18.4 Å². The maximum atomic E-state index is 13.0. The van der Waals surface area contributed by atoms with E-state index in [1.807, 2.05) is 0 Å². The molecule has 2 N–H and O–H groups in total. The molecule has 0 atom stereocenters. The maximum Gasteiger partial charge on any atom is 0.329 e. The van der Waals surface area contributed by atoms with Gasteiger partial charge in [0.2, 0.25) is 0 Å². The molecule has 0 radical (unpaired) electrons. The Morgan fingerprint density at radius 2 is 1.89 bits per heavy atom. The number of benzene rings is 1. The zero-order valence-electron chi connectivity index (χ0n) is 9.37. The molecule has 0 unspecified atom stereocenters. The molecule has 6 heteroatoms. The number of carboxylic acids is 1. The molecule has 0 aromatic heterocycles. The van der Waals surface area contributed by atoms with E-state index in [2.05, 4.69) is 5.32 Å². The van der Waals surface area contributed by atoms with Crippen molar-refractivity contribution in [1.29, 1.82) is 0 Å². The molecule has 1 aliphatic rings. The van der Waals surface area contributed by atoms with E-state index in [0.717, 1.165) is 18.2 Å². The molecule has 0 saturated heterocycles. The lowest BCUT2D eigenvalue weighted by molar-refractivity contribution is -0.148. The number of rotatable bonds is 3. The Balaban J connectivity index is 2.17.